The smallest absolute Gasteiger partial charge is 0.315 e. The predicted octanol–water partition coefficient (Wildman–Crippen LogP) is 1.81. The number of aromatic nitrogens is 1. The first kappa shape index (κ1) is 15.6. The summed E-state index contributed by atoms with van der Waals surface area (Å²) in [6, 6.07) is 7.93. The minimum absolute atomic E-state index is 0.232. The maximum Gasteiger partial charge on any atom is 0.315 e. The molecular formula is C15H18N4O3. The summed E-state index contributed by atoms with van der Waals surface area (Å²) in [6.45, 7) is 3.56. The van der Waals surface area contributed by atoms with Crippen molar-refractivity contribution in [2.45, 2.75) is 26.4 Å². The minimum Gasteiger partial charge on any atom is -0.449 e. The zero-order valence-electron chi connectivity index (χ0n) is 12.4. The van der Waals surface area contributed by atoms with Crippen molar-refractivity contribution >= 4 is 17.6 Å². The standard InChI is InChI=1S/C15H18N4O3/c1-10(14(20)19-12-6-4-3-5-7-12)17-15(21)16-8-13-9-22-11(2)18-13/h3-7,9-10H,8H2,1-2H3,(H,19,20)(H2,16,17,21). The summed E-state index contributed by atoms with van der Waals surface area (Å²) in [5, 5.41) is 7.88. The number of hydrogen-bond donors (Lipinski definition) is 3. The van der Waals surface area contributed by atoms with E-state index in [1.807, 2.05) is 18.2 Å². The molecule has 2 aromatic rings. The molecule has 1 aromatic heterocycles. The normalized spacial score (nSPS) is 11.5. The number of amides is 3. The minimum atomic E-state index is -0.667. The number of urea groups is 1. The topological polar surface area (TPSA) is 96.3 Å². The van der Waals surface area contributed by atoms with Crippen LogP contribution in [0.2, 0.25) is 0 Å². The molecule has 0 saturated carbocycles. The van der Waals surface area contributed by atoms with E-state index in [9.17, 15) is 9.59 Å². The first-order chi connectivity index (χ1) is 10.5. The zero-order chi connectivity index (χ0) is 15.9. The van der Waals surface area contributed by atoms with Crippen LogP contribution in [-0.4, -0.2) is 23.0 Å². The molecule has 3 amide bonds. The number of rotatable bonds is 5. The van der Waals surface area contributed by atoms with Gasteiger partial charge in [0.15, 0.2) is 5.89 Å². The lowest BCUT2D eigenvalue weighted by Crippen LogP contribution is -2.46. The van der Waals surface area contributed by atoms with E-state index in [4.69, 9.17) is 4.42 Å². The summed E-state index contributed by atoms with van der Waals surface area (Å²) < 4.78 is 5.04. The quantitative estimate of drug-likeness (QED) is 0.784. The number of hydrogen-bond acceptors (Lipinski definition) is 4. The fraction of sp³-hybridized carbons (Fsp3) is 0.267. The molecule has 7 heteroatoms. The monoisotopic (exact) mass is 302 g/mol. The van der Waals surface area contributed by atoms with Gasteiger partial charge < -0.3 is 20.4 Å². The highest BCUT2D eigenvalue weighted by Gasteiger charge is 2.15. The highest BCUT2D eigenvalue weighted by Crippen LogP contribution is 2.05. The Morgan fingerprint density at radius 3 is 2.64 bits per heavy atom. The Balaban J connectivity index is 1.76. The number of para-hydroxylation sites is 1. The van der Waals surface area contributed by atoms with E-state index in [2.05, 4.69) is 20.9 Å². The Morgan fingerprint density at radius 2 is 2.00 bits per heavy atom. The molecule has 116 valence electrons. The van der Waals surface area contributed by atoms with Crippen molar-refractivity contribution in [2.75, 3.05) is 5.32 Å². The van der Waals surface area contributed by atoms with Gasteiger partial charge in [0.05, 0.1) is 12.2 Å². The molecule has 1 atom stereocenters. The van der Waals surface area contributed by atoms with E-state index < -0.39 is 12.1 Å². The molecule has 0 radical (unpaired) electrons. The molecule has 2 rings (SSSR count). The highest BCUT2D eigenvalue weighted by atomic mass is 16.3. The van der Waals surface area contributed by atoms with Gasteiger partial charge >= 0.3 is 6.03 Å². The van der Waals surface area contributed by atoms with Crippen molar-refractivity contribution in [3.63, 3.8) is 0 Å². The highest BCUT2D eigenvalue weighted by molar-refractivity contribution is 5.96. The lowest BCUT2D eigenvalue weighted by molar-refractivity contribution is -0.117. The van der Waals surface area contributed by atoms with Crippen LogP contribution in [0, 0.1) is 6.92 Å². The molecule has 1 aromatic carbocycles. The van der Waals surface area contributed by atoms with Gasteiger partial charge in [-0.3, -0.25) is 4.79 Å². The third-order valence-corrected chi connectivity index (χ3v) is 2.88. The van der Waals surface area contributed by atoms with Gasteiger partial charge in [0.25, 0.3) is 0 Å². The second-order valence-corrected chi connectivity index (χ2v) is 4.76. The molecule has 0 bridgehead atoms. The Hall–Kier alpha value is -2.83. The summed E-state index contributed by atoms with van der Waals surface area (Å²) in [7, 11) is 0. The maximum absolute atomic E-state index is 11.9. The Bertz CT molecular complexity index is 639. The number of carbonyl (C=O) groups excluding carboxylic acids is 2. The number of aryl methyl sites for hydroxylation is 1. The number of nitrogens with one attached hydrogen (secondary N) is 3. The van der Waals surface area contributed by atoms with Gasteiger partial charge in [-0.1, -0.05) is 18.2 Å². The summed E-state index contributed by atoms with van der Waals surface area (Å²) in [6.07, 6.45) is 1.47. The SMILES string of the molecule is Cc1nc(CNC(=O)NC(C)C(=O)Nc2ccccc2)co1. The van der Waals surface area contributed by atoms with Gasteiger partial charge in [-0.25, -0.2) is 9.78 Å². The molecule has 0 aliphatic rings. The Kier molecular flexibility index (Phi) is 5.13. The van der Waals surface area contributed by atoms with Crippen molar-refractivity contribution in [3.8, 4) is 0 Å². The molecule has 0 spiro atoms. The van der Waals surface area contributed by atoms with Crippen LogP contribution in [-0.2, 0) is 11.3 Å². The average molecular weight is 302 g/mol. The number of oxazole rings is 1. The van der Waals surface area contributed by atoms with Crippen molar-refractivity contribution in [1.82, 2.24) is 15.6 Å². The van der Waals surface area contributed by atoms with Gasteiger partial charge in [0.1, 0.15) is 12.3 Å². The van der Waals surface area contributed by atoms with E-state index in [0.29, 0.717) is 17.3 Å². The lowest BCUT2D eigenvalue weighted by Gasteiger charge is -2.14. The molecule has 0 fully saturated rings. The van der Waals surface area contributed by atoms with Crippen LogP contribution in [0.3, 0.4) is 0 Å². The molecule has 0 aliphatic heterocycles. The summed E-state index contributed by atoms with van der Waals surface area (Å²) in [4.78, 5) is 27.7. The lowest BCUT2D eigenvalue weighted by atomic mass is 10.2. The fourth-order valence-corrected chi connectivity index (χ4v) is 1.75. The van der Waals surface area contributed by atoms with Crippen LogP contribution in [0.15, 0.2) is 41.0 Å². The van der Waals surface area contributed by atoms with Crippen molar-refractivity contribution in [1.29, 1.82) is 0 Å². The van der Waals surface area contributed by atoms with E-state index >= 15 is 0 Å². The van der Waals surface area contributed by atoms with Crippen LogP contribution in [0.4, 0.5) is 10.5 Å². The number of nitrogens with zero attached hydrogens (tertiary/aromatic N) is 1. The zero-order valence-corrected chi connectivity index (χ0v) is 12.4. The molecule has 7 nitrogen and oxygen atoms in total. The van der Waals surface area contributed by atoms with E-state index in [1.54, 1.807) is 26.0 Å². The van der Waals surface area contributed by atoms with Crippen LogP contribution < -0.4 is 16.0 Å². The second kappa shape index (κ2) is 7.26. The molecule has 1 unspecified atom stereocenters. The van der Waals surface area contributed by atoms with Crippen molar-refractivity contribution in [3.05, 3.63) is 48.2 Å². The maximum atomic E-state index is 11.9. The van der Waals surface area contributed by atoms with Crippen LogP contribution >= 0.6 is 0 Å². The van der Waals surface area contributed by atoms with Gasteiger partial charge in [-0.05, 0) is 19.1 Å². The predicted molar refractivity (Wildman–Crippen MR) is 81.1 cm³/mol. The molecular weight excluding hydrogens is 284 g/mol. The first-order valence-corrected chi connectivity index (χ1v) is 6.86. The van der Waals surface area contributed by atoms with E-state index in [0.717, 1.165) is 0 Å². The summed E-state index contributed by atoms with van der Waals surface area (Å²) >= 11 is 0. The van der Waals surface area contributed by atoms with Crippen molar-refractivity contribution in [2.24, 2.45) is 0 Å². The van der Waals surface area contributed by atoms with Gasteiger partial charge in [-0.15, -0.1) is 0 Å². The average Bonchev–Trinajstić information content (AvgIpc) is 2.92. The second-order valence-electron chi connectivity index (χ2n) is 4.76. The van der Waals surface area contributed by atoms with E-state index in [1.165, 1.54) is 6.26 Å². The fourth-order valence-electron chi connectivity index (χ4n) is 1.75. The van der Waals surface area contributed by atoms with E-state index in [-0.39, 0.29) is 12.5 Å². The Labute approximate surface area is 128 Å². The van der Waals surface area contributed by atoms with Crippen LogP contribution in [0.1, 0.15) is 18.5 Å². The molecule has 22 heavy (non-hydrogen) atoms. The largest absolute Gasteiger partial charge is 0.449 e. The van der Waals surface area contributed by atoms with Gasteiger partial charge in [-0.2, -0.15) is 0 Å². The third-order valence-electron chi connectivity index (χ3n) is 2.88. The molecule has 0 saturated heterocycles. The first-order valence-electron chi connectivity index (χ1n) is 6.86. The number of benzene rings is 1. The third kappa shape index (κ3) is 4.62. The molecule has 3 N–H and O–H groups in total. The molecule has 0 aliphatic carbocycles. The van der Waals surface area contributed by atoms with Gasteiger partial charge in [0.2, 0.25) is 5.91 Å². The van der Waals surface area contributed by atoms with Crippen LogP contribution in [0.25, 0.3) is 0 Å². The number of anilines is 1. The molecule has 1 heterocycles. The van der Waals surface area contributed by atoms with Crippen LogP contribution in [0.5, 0.6) is 0 Å². The number of carbonyl (C=O) groups is 2. The summed E-state index contributed by atoms with van der Waals surface area (Å²) in [5.41, 5.74) is 1.30. The Morgan fingerprint density at radius 1 is 1.27 bits per heavy atom. The summed E-state index contributed by atoms with van der Waals surface area (Å²) in [5.74, 6) is 0.242. The van der Waals surface area contributed by atoms with Gasteiger partial charge in [0, 0.05) is 12.6 Å². The van der Waals surface area contributed by atoms with Crippen molar-refractivity contribution < 1.29 is 14.0 Å².